The monoisotopic (exact) mass is 1130 g/mol. The van der Waals surface area contributed by atoms with Gasteiger partial charge in [0.2, 0.25) is 23.6 Å². The zero-order chi connectivity index (χ0) is 57.3. The van der Waals surface area contributed by atoms with Crippen LogP contribution in [0, 0.1) is 5.92 Å². The number of nitrogens with zero attached hydrogens (tertiary/aromatic N) is 2. The second-order valence-corrected chi connectivity index (χ2v) is 23.4. The van der Waals surface area contributed by atoms with Crippen molar-refractivity contribution in [2.24, 2.45) is 11.7 Å². The Hall–Kier alpha value is -6.46. The molecule has 4 amide bonds. The molecular weight excluding hydrogens is 1060 g/mol. The Bertz CT molecular complexity index is 3120. The van der Waals surface area contributed by atoms with Gasteiger partial charge in [-0.1, -0.05) is 133 Å². The maximum absolute atomic E-state index is 13.6. The average molecular weight is 1130 g/mol. The second-order valence-electron chi connectivity index (χ2n) is 21.2. The quantitative estimate of drug-likeness (QED) is 0.0157. The van der Waals surface area contributed by atoms with E-state index in [1.165, 1.54) is 24.9 Å². The lowest BCUT2D eigenvalue weighted by Gasteiger charge is -2.41. The molecule has 0 aromatic heterocycles. The van der Waals surface area contributed by atoms with Gasteiger partial charge < -0.3 is 41.7 Å². The summed E-state index contributed by atoms with van der Waals surface area (Å²) in [5.41, 5.74) is 10.2. The summed E-state index contributed by atoms with van der Waals surface area (Å²) in [6, 6.07) is 44.6. The minimum Gasteiger partial charge on any atom is -0.394 e. The Morgan fingerprint density at radius 3 is 1.91 bits per heavy atom. The summed E-state index contributed by atoms with van der Waals surface area (Å²) in [5.74, 6) is -1.00. The van der Waals surface area contributed by atoms with Crippen molar-refractivity contribution < 1.29 is 51.2 Å². The van der Waals surface area contributed by atoms with Crippen LogP contribution in [0.4, 0.5) is 5.69 Å². The van der Waals surface area contributed by atoms with Gasteiger partial charge >= 0.3 is 0 Å². The molecule has 3 atom stereocenters. The van der Waals surface area contributed by atoms with Crippen LogP contribution >= 0.6 is 12.2 Å². The topological polar surface area (TPSA) is 251 Å². The van der Waals surface area contributed by atoms with Gasteiger partial charge in [-0.2, -0.15) is 8.42 Å². The number of anilines is 1. The first-order chi connectivity index (χ1) is 38.3. The highest BCUT2D eigenvalue weighted by Gasteiger charge is 2.46. The third-order valence-corrected chi connectivity index (χ3v) is 15.2. The van der Waals surface area contributed by atoms with Crippen molar-refractivity contribution in [1.82, 2.24) is 26.2 Å². The molecular formula is C60H75N7O11S2. The first-order valence-corrected chi connectivity index (χ1v) is 29.4. The molecule has 428 valence electrons. The molecule has 1 spiro atoms. The van der Waals surface area contributed by atoms with Crippen molar-refractivity contribution in [3.63, 3.8) is 0 Å². The van der Waals surface area contributed by atoms with E-state index in [1.54, 1.807) is 13.8 Å². The molecule has 18 nitrogen and oxygen atoms in total. The number of para-hydroxylation sites is 1. The summed E-state index contributed by atoms with van der Waals surface area (Å²) in [5, 5.41) is 26.8. The van der Waals surface area contributed by atoms with E-state index >= 15 is 0 Å². The number of carbonyl (C=O) groups is 4. The Morgan fingerprint density at radius 2 is 1.32 bits per heavy atom. The number of nitrogens with two attached hydrogens (primary N) is 1. The van der Waals surface area contributed by atoms with Gasteiger partial charge in [0.15, 0.2) is 12.2 Å². The molecule has 6 aromatic carbocycles. The fraction of sp³-hybridized carbons (Fsp3) is 0.400. The van der Waals surface area contributed by atoms with Crippen LogP contribution in [-0.4, -0.2) is 130 Å². The number of likely N-dealkylation sites (tertiary alicyclic amines) is 1. The van der Waals surface area contributed by atoms with E-state index in [0.29, 0.717) is 38.8 Å². The smallest absolute Gasteiger partial charge is 0.261 e. The zero-order valence-electron chi connectivity index (χ0n) is 45.8. The van der Waals surface area contributed by atoms with Crippen LogP contribution < -0.4 is 31.3 Å². The third kappa shape index (κ3) is 17.8. The highest BCUT2D eigenvalue weighted by atomic mass is 32.2. The maximum Gasteiger partial charge on any atom is 0.261 e. The second kappa shape index (κ2) is 28.8. The predicted octanol–water partition coefficient (Wildman–Crippen LogP) is 6.19. The molecule has 0 saturated carbocycles. The Balaban J connectivity index is 0.000000213. The van der Waals surface area contributed by atoms with E-state index < -0.39 is 39.7 Å². The molecule has 8 N–H and O–H groups in total. The summed E-state index contributed by atoms with van der Waals surface area (Å²) in [6.45, 7) is 7.00. The van der Waals surface area contributed by atoms with Gasteiger partial charge in [-0.3, -0.25) is 28.0 Å². The van der Waals surface area contributed by atoms with Gasteiger partial charge in [0, 0.05) is 37.4 Å². The van der Waals surface area contributed by atoms with E-state index in [9.17, 15) is 32.7 Å². The summed E-state index contributed by atoms with van der Waals surface area (Å²) in [4.78, 5) is 59.6. The first-order valence-electron chi connectivity index (χ1n) is 26.9. The van der Waals surface area contributed by atoms with Crippen LogP contribution in [0.5, 0.6) is 0 Å². The van der Waals surface area contributed by atoms with Crippen LogP contribution in [0.3, 0.4) is 0 Å². The molecule has 0 bridgehead atoms. The molecule has 0 radical (unpaired) electrons. The molecule has 3 heterocycles. The van der Waals surface area contributed by atoms with Crippen molar-refractivity contribution in [3.05, 3.63) is 162 Å². The Kier molecular flexibility index (Phi) is 22.0. The molecule has 80 heavy (non-hydrogen) atoms. The number of rotatable bonds is 19. The third-order valence-electron chi connectivity index (χ3n) is 14.5. The minimum absolute atomic E-state index is 0.0683. The first kappa shape index (κ1) is 61.2. The van der Waals surface area contributed by atoms with Crippen molar-refractivity contribution in [3.8, 4) is 0 Å². The van der Waals surface area contributed by atoms with Crippen molar-refractivity contribution in [1.29, 1.82) is 0 Å². The van der Waals surface area contributed by atoms with Crippen molar-refractivity contribution in [2.75, 3.05) is 63.6 Å². The minimum atomic E-state index is -3.67. The number of nitrogens with one attached hydrogen (secondary N) is 4. The molecule has 6 aromatic rings. The van der Waals surface area contributed by atoms with E-state index in [2.05, 4.69) is 74.1 Å². The summed E-state index contributed by atoms with van der Waals surface area (Å²) in [6.07, 6.45) is 4.71. The van der Waals surface area contributed by atoms with Gasteiger partial charge in [-0.15, -0.1) is 4.33 Å². The number of carbonyl (C=O) groups excluding carboxylic acids is 4. The van der Waals surface area contributed by atoms with Gasteiger partial charge in [0.1, 0.15) is 12.1 Å². The molecule has 3 unspecified atom stereocenters. The van der Waals surface area contributed by atoms with Gasteiger partial charge in [-0.05, 0) is 109 Å². The van der Waals surface area contributed by atoms with Gasteiger partial charge in [0.05, 0.1) is 50.5 Å². The summed E-state index contributed by atoms with van der Waals surface area (Å²) >= 11 is 1.18. The standard InChI is InChI=1S/C32H35N3O3.C27H36N4O5S.CH4O3S/c36-21-29(19-22-9-11-24-5-1-3-7-27(24)17-22)34-32(38)30(35-31(37)26-13-15-33-16-14-26)20-23-10-12-25-6-2-4-8-28(25)18-23;1-26(2,28)25(33)29-22(18-35-17-20-9-5-4-6-10-20)24(32)30-15-13-27(14-16-30)19-31(37-36-34-3)23-12-8-7-11-21(23)27;1-5(2,3)4/h1-12,17-18,26,29-30,33,36H,13-16,19-21H2,(H,34,38)(H,35,37);4-12,22H,13-19,28H2,1-3H3,(H,29,33);1H3,(H,2,3,4). The number of ether oxygens (including phenoxy) is 1. The number of hydrogen-bond donors (Lipinski definition) is 7. The van der Waals surface area contributed by atoms with Crippen LogP contribution in [0.15, 0.2) is 140 Å². The normalized spacial score (nSPS) is 16.3. The molecule has 3 aliphatic rings. The van der Waals surface area contributed by atoms with E-state index in [-0.39, 0.29) is 42.3 Å². The SMILES string of the molecule is COOSN1CC2(CCN(C(=O)C(COCc3ccccc3)NC(=O)C(C)(C)N)CC2)c2ccccc21.CS(=O)(=O)O.O=C(NC(Cc1ccc2ccccc2c1)C(=O)NC(CO)Cc1ccc2ccccc2c1)C1CCNCC1. The lowest BCUT2D eigenvalue weighted by Crippen LogP contribution is -2.59. The van der Waals surface area contributed by atoms with E-state index in [1.807, 2.05) is 95.9 Å². The van der Waals surface area contributed by atoms with Crippen LogP contribution in [0.1, 0.15) is 61.8 Å². The molecule has 2 saturated heterocycles. The molecule has 9 rings (SSSR count). The fourth-order valence-corrected chi connectivity index (χ4v) is 10.9. The van der Waals surface area contributed by atoms with E-state index in [0.717, 1.165) is 89.2 Å². The average Bonchev–Trinajstić information content (AvgIpc) is 3.85. The number of fused-ring (bicyclic) bond motifs is 4. The van der Waals surface area contributed by atoms with Crippen molar-refractivity contribution in [2.45, 2.75) is 88.1 Å². The van der Waals surface area contributed by atoms with Gasteiger partial charge in [-0.25, -0.2) is 4.89 Å². The number of piperidine rings is 2. The van der Waals surface area contributed by atoms with E-state index in [4.69, 9.17) is 24.2 Å². The molecule has 0 aliphatic carbocycles. The number of benzene rings is 6. The number of hydrogen-bond acceptors (Lipinski definition) is 14. The molecule has 3 aliphatic heterocycles. The largest absolute Gasteiger partial charge is 0.394 e. The fourth-order valence-electron chi connectivity index (χ4n) is 10.2. The van der Waals surface area contributed by atoms with Gasteiger partial charge in [0.25, 0.3) is 10.1 Å². The van der Waals surface area contributed by atoms with Crippen LogP contribution in [-0.2, 0) is 68.1 Å². The lowest BCUT2D eigenvalue weighted by molar-refractivity contribution is -0.160. The highest BCUT2D eigenvalue weighted by Crippen LogP contribution is 2.49. The van der Waals surface area contributed by atoms with Crippen LogP contribution in [0.25, 0.3) is 21.5 Å². The maximum atomic E-state index is 13.6. The Morgan fingerprint density at radius 1 is 0.762 bits per heavy atom. The molecule has 2 fully saturated rings. The summed E-state index contributed by atoms with van der Waals surface area (Å²) in [7, 11) is -2.18. The number of aliphatic hydroxyl groups is 1. The van der Waals surface area contributed by atoms with Crippen LogP contribution in [0.2, 0.25) is 0 Å². The van der Waals surface area contributed by atoms with Crippen molar-refractivity contribution >= 4 is 73.2 Å². The lowest BCUT2D eigenvalue weighted by atomic mass is 9.74. The number of amides is 4. The summed E-state index contributed by atoms with van der Waals surface area (Å²) < 4.78 is 39.0. The number of aliphatic hydroxyl groups excluding tert-OH is 1. The zero-order valence-corrected chi connectivity index (χ0v) is 47.5. The predicted molar refractivity (Wildman–Crippen MR) is 313 cm³/mol. The molecule has 20 heteroatoms. The Labute approximate surface area is 473 Å². The highest BCUT2D eigenvalue weighted by molar-refractivity contribution is 7.96.